The molecule has 1 aromatic carbocycles. The van der Waals surface area contributed by atoms with Crippen LogP contribution in [0, 0.1) is 11.7 Å². The highest BCUT2D eigenvalue weighted by molar-refractivity contribution is 6.33. The molecule has 0 unspecified atom stereocenters. The number of hydrogen-bond donors (Lipinski definition) is 1. The van der Waals surface area contributed by atoms with E-state index in [1.165, 1.54) is 18.2 Å². The molecular weight excluding hydrogens is 257 g/mol. The average molecular weight is 270 g/mol. The van der Waals surface area contributed by atoms with Crippen molar-refractivity contribution in [3.8, 4) is 11.4 Å². The minimum absolute atomic E-state index is 0.182. The second-order valence-electron chi connectivity index (χ2n) is 4.35. The Hall–Kier alpha value is -1.46. The van der Waals surface area contributed by atoms with Gasteiger partial charge in [0.2, 0.25) is 11.7 Å². The molecule has 0 fully saturated rings. The number of rotatable bonds is 3. The normalized spacial score (nSPS) is 13.0. The molecule has 96 valence electrons. The predicted molar refractivity (Wildman–Crippen MR) is 66.5 cm³/mol. The molecule has 2 rings (SSSR count). The van der Waals surface area contributed by atoms with Crippen molar-refractivity contribution < 1.29 is 8.91 Å². The van der Waals surface area contributed by atoms with Gasteiger partial charge in [0.15, 0.2) is 0 Å². The van der Waals surface area contributed by atoms with Gasteiger partial charge in [0.25, 0.3) is 0 Å². The monoisotopic (exact) mass is 269 g/mol. The van der Waals surface area contributed by atoms with E-state index in [9.17, 15) is 4.39 Å². The zero-order chi connectivity index (χ0) is 13.3. The van der Waals surface area contributed by atoms with Crippen LogP contribution >= 0.6 is 11.6 Å². The van der Waals surface area contributed by atoms with Crippen LogP contribution in [0.3, 0.4) is 0 Å². The van der Waals surface area contributed by atoms with Gasteiger partial charge in [-0.25, -0.2) is 4.39 Å². The third-order valence-corrected chi connectivity index (χ3v) is 2.93. The molecule has 1 heterocycles. The quantitative estimate of drug-likeness (QED) is 0.929. The average Bonchev–Trinajstić information content (AvgIpc) is 2.77. The van der Waals surface area contributed by atoms with Gasteiger partial charge in [-0.15, -0.1) is 0 Å². The molecule has 6 heteroatoms. The van der Waals surface area contributed by atoms with Crippen molar-refractivity contribution in [3.05, 3.63) is 34.9 Å². The summed E-state index contributed by atoms with van der Waals surface area (Å²) in [5.74, 6) is 0.430. The van der Waals surface area contributed by atoms with Crippen molar-refractivity contribution in [1.29, 1.82) is 0 Å². The van der Waals surface area contributed by atoms with Crippen LogP contribution in [-0.2, 0) is 0 Å². The number of nitrogens with two attached hydrogens (primary N) is 1. The fourth-order valence-electron chi connectivity index (χ4n) is 1.44. The Morgan fingerprint density at radius 1 is 1.39 bits per heavy atom. The van der Waals surface area contributed by atoms with E-state index in [1.807, 2.05) is 13.8 Å². The first-order valence-electron chi connectivity index (χ1n) is 5.53. The Kier molecular flexibility index (Phi) is 3.63. The minimum atomic E-state index is -0.411. The molecule has 0 aliphatic rings. The van der Waals surface area contributed by atoms with Crippen molar-refractivity contribution in [3.63, 3.8) is 0 Å². The standard InChI is InChI=1S/C12H13ClFN3O/c1-6(2)10(15)12-16-11(17-18-12)8-4-3-7(14)5-9(8)13/h3-6,10H,15H2,1-2H3/t10-/m0/s1. The van der Waals surface area contributed by atoms with E-state index in [0.717, 1.165) is 0 Å². The van der Waals surface area contributed by atoms with Crippen LogP contribution in [0.2, 0.25) is 5.02 Å². The summed E-state index contributed by atoms with van der Waals surface area (Å²) in [4.78, 5) is 4.18. The lowest BCUT2D eigenvalue weighted by molar-refractivity contribution is 0.325. The van der Waals surface area contributed by atoms with Gasteiger partial charge in [-0.05, 0) is 24.1 Å². The number of nitrogens with zero attached hydrogens (tertiary/aromatic N) is 2. The van der Waals surface area contributed by atoms with Crippen LogP contribution in [0.4, 0.5) is 4.39 Å². The SMILES string of the molecule is CC(C)[C@H](N)c1nc(-c2ccc(F)cc2Cl)no1. The summed E-state index contributed by atoms with van der Waals surface area (Å²) in [5.41, 5.74) is 6.42. The predicted octanol–water partition coefficient (Wildman–Crippen LogP) is 3.18. The molecule has 0 saturated heterocycles. The number of hydrogen-bond acceptors (Lipinski definition) is 4. The summed E-state index contributed by atoms with van der Waals surface area (Å²) in [6.45, 7) is 3.92. The molecule has 1 aromatic heterocycles. The van der Waals surface area contributed by atoms with Crippen LogP contribution in [0.15, 0.2) is 22.7 Å². The van der Waals surface area contributed by atoms with Crippen LogP contribution in [0.1, 0.15) is 25.8 Å². The number of benzene rings is 1. The maximum absolute atomic E-state index is 12.9. The lowest BCUT2D eigenvalue weighted by Gasteiger charge is -2.09. The van der Waals surface area contributed by atoms with Gasteiger partial charge in [-0.2, -0.15) is 4.98 Å². The van der Waals surface area contributed by atoms with E-state index in [1.54, 1.807) is 0 Å². The summed E-state index contributed by atoms with van der Waals surface area (Å²) in [5, 5.41) is 4.04. The number of halogens is 2. The molecule has 0 radical (unpaired) electrons. The van der Waals surface area contributed by atoms with E-state index in [0.29, 0.717) is 17.3 Å². The van der Waals surface area contributed by atoms with E-state index in [4.69, 9.17) is 21.9 Å². The van der Waals surface area contributed by atoms with E-state index in [-0.39, 0.29) is 17.0 Å². The molecule has 2 N–H and O–H groups in total. The lowest BCUT2D eigenvalue weighted by atomic mass is 10.1. The Balaban J connectivity index is 2.35. The third kappa shape index (κ3) is 2.52. The molecule has 4 nitrogen and oxygen atoms in total. The van der Waals surface area contributed by atoms with Crippen LogP contribution in [0.5, 0.6) is 0 Å². The Morgan fingerprint density at radius 3 is 2.72 bits per heavy atom. The molecule has 2 aromatic rings. The zero-order valence-electron chi connectivity index (χ0n) is 10.0. The molecule has 18 heavy (non-hydrogen) atoms. The Labute approximate surface area is 109 Å². The summed E-state index contributed by atoms with van der Waals surface area (Å²) in [7, 11) is 0. The van der Waals surface area contributed by atoms with Gasteiger partial charge in [0.05, 0.1) is 11.1 Å². The second kappa shape index (κ2) is 5.04. The molecule has 1 atom stereocenters. The summed E-state index contributed by atoms with van der Waals surface area (Å²) < 4.78 is 18.0. The van der Waals surface area contributed by atoms with Gasteiger partial charge in [-0.1, -0.05) is 30.6 Å². The largest absolute Gasteiger partial charge is 0.337 e. The molecular formula is C12H13ClFN3O. The maximum atomic E-state index is 12.9. The number of aromatic nitrogens is 2. The fraction of sp³-hybridized carbons (Fsp3) is 0.333. The summed E-state index contributed by atoms with van der Waals surface area (Å²) in [6.07, 6.45) is 0. The Bertz CT molecular complexity index is 556. The molecule has 0 bridgehead atoms. The highest BCUT2D eigenvalue weighted by Gasteiger charge is 2.19. The van der Waals surface area contributed by atoms with Gasteiger partial charge >= 0.3 is 0 Å². The first-order valence-corrected chi connectivity index (χ1v) is 5.91. The maximum Gasteiger partial charge on any atom is 0.244 e. The van der Waals surface area contributed by atoms with E-state index in [2.05, 4.69) is 10.1 Å². The van der Waals surface area contributed by atoms with Gasteiger partial charge in [-0.3, -0.25) is 0 Å². The summed E-state index contributed by atoms with van der Waals surface area (Å²) in [6, 6.07) is 3.67. The van der Waals surface area contributed by atoms with Gasteiger partial charge in [0, 0.05) is 5.56 Å². The highest BCUT2D eigenvalue weighted by atomic mass is 35.5. The van der Waals surface area contributed by atoms with E-state index < -0.39 is 5.82 Å². The first kappa shape index (κ1) is 13.0. The minimum Gasteiger partial charge on any atom is -0.337 e. The van der Waals surface area contributed by atoms with Crippen molar-refractivity contribution in [2.45, 2.75) is 19.9 Å². The van der Waals surface area contributed by atoms with Gasteiger partial charge in [0.1, 0.15) is 5.82 Å². The van der Waals surface area contributed by atoms with E-state index >= 15 is 0 Å². The summed E-state index contributed by atoms with van der Waals surface area (Å²) >= 11 is 5.92. The molecule has 0 saturated carbocycles. The van der Waals surface area contributed by atoms with Crippen LogP contribution in [-0.4, -0.2) is 10.1 Å². The smallest absolute Gasteiger partial charge is 0.244 e. The van der Waals surface area contributed by atoms with Crippen molar-refractivity contribution in [2.24, 2.45) is 11.7 Å². The molecule has 0 spiro atoms. The molecule has 0 amide bonds. The topological polar surface area (TPSA) is 64.9 Å². The third-order valence-electron chi connectivity index (χ3n) is 2.62. The zero-order valence-corrected chi connectivity index (χ0v) is 10.8. The van der Waals surface area contributed by atoms with Crippen molar-refractivity contribution in [1.82, 2.24) is 10.1 Å². The Morgan fingerprint density at radius 2 is 2.11 bits per heavy atom. The molecule has 0 aliphatic heterocycles. The highest BCUT2D eigenvalue weighted by Crippen LogP contribution is 2.27. The fourth-order valence-corrected chi connectivity index (χ4v) is 1.69. The lowest BCUT2D eigenvalue weighted by Crippen LogP contribution is -2.16. The van der Waals surface area contributed by atoms with Crippen molar-refractivity contribution in [2.75, 3.05) is 0 Å². The van der Waals surface area contributed by atoms with Crippen molar-refractivity contribution >= 4 is 11.6 Å². The van der Waals surface area contributed by atoms with Crippen LogP contribution in [0.25, 0.3) is 11.4 Å². The van der Waals surface area contributed by atoms with Crippen LogP contribution < -0.4 is 5.73 Å². The molecule has 0 aliphatic carbocycles. The van der Waals surface area contributed by atoms with Gasteiger partial charge < -0.3 is 10.3 Å². The second-order valence-corrected chi connectivity index (χ2v) is 4.76. The first-order chi connectivity index (χ1) is 8.49.